The third kappa shape index (κ3) is 3.56. The summed E-state index contributed by atoms with van der Waals surface area (Å²) >= 11 is 0. The molecule has 7 heteroatoms. The van der Waals surface area contributed by atoms with Gasteiger partial charge in [0.1, 0.15) is 17.1 Å². The molecule has 2 aliphatic heterocycles. The van der Waals surface area contributed by atoms with Gasteiger partial charge in [-0.25, -0.2) is 4.68 Å². The second kappa shape index (κ2) is 7.15. The lowest BCUT2D eigenvalue weighted by atomic mass is 9.89. The van der Waals surface area contributed by atoms with Crippen molar-refractivity contribution in [2.24, 2.45) is 0 Å². The zero-order valence-corrected chi connectivity index (χ0v) is 15.4. The minimum absolute atomic E-state index is 0.00840. The zero-order valence-electron chi connectivity index (χ0n) is 15.4. The van der Waals surface area contributed by atoms with Crippen molar-refractivity contribution in [1.82, 2.24) is 19.9 Å². The Bertz CT molecular complexity index is 667. The number of carbonyl (C=O) groups is 1. The maximum absolute atomic E-state index is 13.0. The van der Waals surface area contributed by atoms with Gasteiger partial charge >= 0.3 is 0 Å². The molecule has 0 bridgehead atoms. The summed E-state index contributed by atoms with van der Waals surface area (Å²) in [4.78, 5) is 14.7. The second-order valence-electron chi connectivity index (χ2n) is 7.25. The summed E-state index contributed by atoms with van der Waals surface area (Å²) in [5, 5.41) is 19.4. The number of aromatic nitrogens is 3. The van der Waals surface area contributed by atoms with Crippen LogP contribution in [0, 0.1) is 0 Å². The van der Waals surface area contributed by atoms with Crippen LogP contribution in [-0.4, -0.2) is 50.6 Å². The minimum atomic E-state index is -1.14. The smallest absolute Gasteiger partial charge is 0.253 e. The van der Waals surface area contributed by atoms with Crippen molar-refractivity contribution in [3.63, 3.8) is 0 Å². The number of aliphatic hydroxyl groups is 1. The van der Waals surface area contributed by atoms with Crippen molar-refractivity contribution in [1.29, 1.82) is 0 Å². The van der Waals surface area contributed by atoms with E-state index in [2.05, 4.69) is 10.3 Å². The molecule has 1 aromatic heterocycles. The summed E-state index contributed by atoms with van der Waals surface area (Å²) < 4.78 is 7.40. The van der Waals surface area contributed by atoms with Crippen LogP contribution in [0.25, 0.3) is 0 Å². The lowest BCUT2D eigenvalue weighted by Gasteiger charge is -2.38. The predicted octanol–water partition coefficient (Wildman–Crippen LogP) is 2.14. The van der Waals surface area contributed by atoms with Gasteiger partial charge in [-0.15, -0.1) is 5.10 Å². The van der Waals surface area contributed by atoms with Gasteiger partial charge < -0.3 is 14.7 Å². The Balaban J connectivity index is 1.80. The van der Waals surface area contributed by atoms with E-state index >= 15 is 0 Å². The van der Waals surface area contributed by atoms with Gasteiger partial charge in [-0.05, 0) is 39.5 Å². The monoisotopic (exact) mass is 348 g/mol. The maximum atomic E-state index is 13.0. The molecule has 138 valence electrons. The number of allylic oxidation sites excluding steroid dienone is 1. The average Bonchev–Trinajstić information content (AvgIpc) is 3.12. The minimum Gasteiger partial charge on any atom is -0.497 e. The summed E-state index contributed by atoms with van der Waals surface area (Å²) in [6.07, 6.45) is 5.46. The van der Waals surface area contributed by atoms with Crippen molar-refractivity contribution in [2.45, 2.75) is 64.5 Å². The predicted molar refractivity (Wildman–Crippen MR) is 92.6 cm³/mol. The maximum Gasteiger partial charge on any atom is 0.253 e. The van der Waals surface area contributed by atoms with Gasteiger partial charge in [0.05, 0.1) is 24.9 Å². The highest BCUT2D eigenvalue weighted by atomic mass is 16.5. The van der Waals surface area contributed by atoms with Crippen molar-refractivity contribution >= 4 is 5.91 Å². The number of carbonyl (C=O) groups excluding carboxylic acids is 1. The van der Waals surface area contributed by atoms with E-state index in [1.165, 1.54) is 0 Å². The molecule has 1 saturated heterocycles. The van der Waals surface area contributed by atoms with Crippen molar-refractivity contribution in [2.75, 3.05) is 19.7 Å². The van der Waals surface area contributed by atoms with Gasteiger partial charge in [0.2, 0.25) is 0 Å². The molecule has 0 aliphatic carbocycles. The van der Waals surface area contributed by atoms with E-state index in [1.54, 1.807) is 15.8 Å². The third-order valence-electron chi connectivity index (χ3n) is 5.04. The largest absolute Gasteiger partial charge is 0.497 e. The molecule has 7 nitrogen and oxygen atoms in total. The molecule has 0 saturated carbocycles. The highest BCUT2D eigenvalue weighted by Crippen LogP contribution is 2.32. The van der Waals surface area contributed by atoms with Crippen LogP contribution < -0.4 is 0 Å². The van der Waals surface area contributed by atoms with Gasteiger partial charge in [0.25, 0.3) is 5.91 Å². The average molecular weight is 348 g/mol. The summed E-state index contributed by atoms with van der Waals surface area (Å²) in [5.74, 6) is 0.794. The quantitative estimate of drug-likeness (QED) is 0.902. The van der Waals surface area contributed by atoms with E-state index in [9.17, 15) is 9.90 Å². The molecule has 1 atom stereocenters. The molecule has 0 unspecified atom stereocenters. The van der Waals surface area contributed by atoms with Crippen LogP contribution in [0.15, 0.2) is 17.5 Å². The number of hydrogen-bond acceptors (Lipinski definition) is 5. The number of piperidine rings is 1. The lowest BCUT2D eigenvalue weighted by Crippen LogP contribution is -2.49. The van der Waals surface area contributed by atoms with Crippen LogP contribution in [0.2, 0.25) is 0 Å². The van der Waals surface area contributed by atoms with Crippen molar-refractivity contribution in [3.8, 4) is 0 Å². The number of likely N-dealkylation sites (tertiary alicyclic amines) is 1. The number of amides is 1. The highest BCUT2D eigenvalue weighted by Gasteiger charge is 2.40. The van der Waals surface area contributed by atoms with Gasteiger partial charge in [0.15, 0.2) is 0 Å². The normalized spacial score (nSPS) is 24.6. The molecule has 1 amide bonds. The first-order valence-corrected chi connectivity index (χ1v) is 9.23. The molecule has 0 aromatic carbocycles. The Kier molecular flexibility index (Phi) is 5.13. The van der Waals surface area contributed by atoms with Gasteiger partial charge in [-0.2, -0.15) is 0 Å². The Morgan fingerprint density at radius 1 is 1.44 bits per heavy atom. The zero-order chi connectivity index (χ0) is 18.0. The first kappa shape index (κ1) is 17.9. The Morgan fingerprint density at radius 3 is 2.92 bits per heavy atom. The lowest BCUT2D eigenvalue weighted by molar-refractivity contribution is -0.135. The Hall–Kier alpha value is -1.89. The topological polar surface area (TPSA) is 80.5 Å². The number of β-amino-alcohol motifs (C(OH)–C–C–N with tert-alkyl or cyclic N) is 1. The highest BCUT2D eigenvalue weighted by molar-refractivity contribution is 5.94. The number of hydrogen-bond donors (Lipinski definition) is 1. The van der Waals surface area contributed by atoms with E-state index in [0.29, 0.717) is 25.3 Å². The molecule has 1 fully saturated rings. The first-order chi connectivity index (χ1) is 11.9. The number of nitrogens with zero attached hydrogens (tertiary/aromatic N) is 4. The van der Waals surface area contributed by atoms with Crippen LogP contribution in [0.1, 0.15) is 64.6 Å². The second-order valence-corrected chi connectivity index (χ2v) is 7.25. The van der Waals surface area contributed by atoms with Crippen LogP contribution in [0.3, 0.4) is 0 Å². The molecular formula is C18H28N4O3. The molecule has 1 aromatic rings. The number of rotatable bonds is 4. The third-order valence-corrected chi connectivity index (χ3v) is 5.04. The molecule has 3 heterocycles. The fourth-order valence-electron chi connectivity index (χ4n) is 3.56. The summed E-state index contributed by atoms with van der Waals surface area (Å²) in [6.45, 7) is 7.62. The fraction of sp³-hybridized carbons (Fsp3) is 0.722. The molecule has 0 radical (unpaired) electrons. The molecule has 25 heavy (non-hydrogen) atoms. The van der Waals surface area contributed by atoms with E-state index in [1.807, 2.05) is 20.8 Å². The van der Waals surface area contributed by atoms with Gasteiger partial charge in [-0.1, -0.05) is 12.1 Å². The molecule has 3 rings (SSSR count). The Morgan fingerprint density at radius 2 is 2.24 bits per heavy atom. The van der Waals surface area contributed by atoms with Crippen molar-refractivity contribution < 1.29 is 14.6 Å². The number of ether oxygens (including phenoxy) is 1. The van der Waals surface area contributed by atoms with E-state index in [-0.39, 0.29) is 18.5 Å². The van der Waals surface area contributed by atoms with Crippen molar-refractivity contribution in [3.05, 3.63) is 23.2 Å². The van der Waals surface area contributed by atoms with Crippen LogP contribution in [0.5, 0.6) is 0 Å². The van der Waals surface area contributed by atoms with E-state index in [0.717, 1.165) is 37.0 Å². The Labute approximate surface area is 148 Å². The summed E-state index contributed by atoms with van der Waals surface area (Å²) in [7, 11) is 0. The SMILES string of the molecule is CCC1=C(C(=O)N2CCC[C@](O)(c3cn(C(C)C)nn3)C2)CCCO1. The van der Waals surface area contributed by atoms with Gasteiger partial charge in [0, 0.05) is 19.0 Å². The molecular weight excluding hydrogens is 320 g/mol. The standard InChI is InChI=1S/C18H28N4O3/c1-4-15-14(7-5-10-25-15)17(23)21-9-6-8-18(24,12-21)16-11-22(13(2)3)20-19-16/h11,13,24H,4-10,12H2,1-3H3/t18-/m1/s1. The fourth-order valence-corrected chi connectivity index (χ4v) is 3.56. The van der Waals surface area contributed by atoms with Crippen LogP contribution in [-0.2, 0) is 15.1 Å². The van der Waals surface area contributed by atoms with Crippen LogP contribution in [0.4, 0.5) is 0 Å². The first-order valence-electron chi connectivity index (χ1n) is 9.23. The summed E-state index contributed by atoms with van der Waals surface area (Å²) in [5.41, 5.74) is 0.177. The van der Waals surface area contributed by atoms with Gasteiger partial charge in [-0.3, -0.25) is 4.79 Å². The molecule has 2 aliphatic rings. The molecule has 1 N–H and O–H groups in total. The van der Waals surface area contributed by atoms with E-state index in [4.69, 9.17) is 4.74 Å². The van der Waals surface area contributed by atoms with Crippen LogP contribution >= 0.6 is 0 Å². The summed E-state index contributed by atoms with van der Waals surface area (Å²) in [6, 6.07) is 0.183. The molecule has 0 spiro atoms. The van der Waals surface area contributed by atoms with E-state index < -0.39 is 5.60 Å².